The van der Waals surface area contributed by atoms with E-state index in [1.165, 1.54) is 0 Å². The van der Waals surface area contributed by atoms with Crippen molar-refractivity contribution in [3.8, 4) is 0 Å². The van der Waals surface area contributed by atoms with E-state index in [9.17, 15) is 13.2 Å². The SMILES string of the molecule is CCN1CCCC1CNc1nccc(C(F)(F)F)n1. The summed E-state index contributed by atoms with van der Waals surface area (Å²) in [6.45, 7) is 4.66. The maximum atomic E-state index is 12.5. The van der Waals surface area contributed by atoms with Gasteiger partial charge < -0.3 is 5.32 Å². The van der Waals surface area contributed by atoms with Crippen molar-refractivity contribution in [3.63, 3.8) is 0 Å². The van der Waals surface area contributed by atoms with Gasteiger partial charge in [-0.2, -0.15) is 13.2 Å². The Labute approximate surface area is 110 Å². The Kier molecular flexibility index (Phi) is 4.24. The van der Waals surface area contributed by atoms with Crippen molar-refractivity contribution < 1.29 is 13.2 Å². The smallest absolute Gasteiger partial charge is 0.353 e. The average molecular weight is 274 g/mol. The van der Waals surface area contributed by atoms with Crippen LogP contribution in [-0.4, -0.2) is 40.5 Å². The highest BCUT2D eigenvalue weighted by molar-refractivity contribution is 5.26. The van der Waals surface area contributed by atoms with Gasteiger partial charge in [0.1, 0.15) is 5.69 Å². The number of alkyl halides is 3. The quantitative estimate of drug-likeness (QED) is 0.915. The van der Waals surface area contributed by atoms with Crippen molar-refractivity contribution in [2.75, 3.05) is 25.0 Å². The second-order valence-corrected chi connectivity index (χ2v) is 4.57. The lowest BCUT2D eigenvalue weighted by Gasteiger charge is -2.22. The molecule has 1 aliphatic heterocycles. The summed E-state index contributed by atoms with van der Waals surface area (Å²) in [6.07, 6.45) is -1.12. The summed E-state index contributed by atoms with van der Waals surface area (Å²) in [5.41, 5.74) is -0.913. The van der Waals surface area contributed by atoms with Crippen molar-refractivity contribution in [1.82, 2.24) is 14.9 Å². The molecule has 1 aliphatic rings. The van der Waals surface area contributed by atoms with E-state index in [1.54, 1.807) is 0 Å². The fraction of sp³-hybridized carbons (Fsp3) is 0.667. The Morgan fingerprint density at radius 1 is 1.47 bits per heavy atom. The fourth-order valence-electron chi connectivity index (χ4n) is 2.35. The molecule has 0 aliphatic carbocycles. The third-order valence-electron chi connectivity index (χ3n) is 3.35. The van der Waals surface area contributed by atoms with Gasteiger partial charge in [-0.3, -0.25) is 4.90 Å². The van der Waals surface area contributed by atoms with E-state index >= 15 is 0 Å². The number of likely N-dealkylation sites (N-methyl/N-ethyl adjacent to an activating group) is 1. The summed E-state index contributed by atoms with van der Waals surface area (Å²) in [6, 6.07) is 1.22. The van der Waals surface area contributed by atoms with E-state index in [1.807, 2.05) is 0 Å². The number of aromatic nitrogens is 2. The van der Waals surface area contributed by atoms with Crippen LogP contribution in [0.5, 0.6) is 0 Å². The Bertz CT molecular complexity index is 422. The Morgan fingerprint density at radius 2 is 2.26 bits per heavy atom. The van der Waals surface area contributed by atoms with Gasteiger partial charge in [0.15, 0.2) is 0 Å². The third-order valence-corrected chi connectivity index (χ3v) is 3.35. The van der Waals surface area contributed by atoms with Crippen LogP contribution >= 0.6 is 0 Å². The van der Waals surface area contributed by atoms with Crippen molar-refractivity contribution in [3.05, 3.63) is 18.0 Å². The summed E-state index contributed by atoms with van der Waals surface area (Å²) < 4.78 is 37.5. The first-order valence-electron chi connectivity index (χ1n) is 6.39. The normalized spacial score (nSPS) is 20.7. The lowest BCUT2D eigenvalue weighted by Crippen LogP contribution is -2.35. The van der Waals surface area contributed by atoms with Gasteiger partial charge in [-0.1, -0.05) is 6.92 Å². The predicted octanol–water partition coefficient (Wildman–Crippen LogP) is 2.39. The van der Waals surface area contributed by atoms with E-state index in [0.717, 1.165) is 38.2 Å². The number of anilines is 1. The zero-order valence-corrected chi connectivity index (χ0v) is 10.7. The van der Waals surface area contributed by atoms with Crippen LogP contribution in [0.1, 0.15) is 25.5 Å². The van der Waals surface area contributed by atoms with Gasteiger partial charge in [-0.05, 0) is 32.0 Å². The molecule has 0 bridgehead atoms. The summed E-state index contributed by atoms with van der Waals surface area (Å²) >= 11 is 0. The second-order valence-electron chi connectivity index (χ2n) is 4.57. The van der Waals surface area contributed by atoms with Crippen molar-refractivity contribution >= 4 is 5.95 Å². The number of likely N-dealkylation sites (tertiary alicyclic amines) is 1. The topological polar surface area (TPSA) is 41.0 Å². The molecule has 0 radical (unpaired) electrons. The minimum Gasteiger partial charge on any atom is -0.353 e. The van der Waals surface area contributed by atoms with Crippen LogP contribution in [-0.2, 0) is 6.18 Å². The molecule has 4 nitrogen and oxygen atoms in total. The number of nitrogens with one attached hydrogen (secondary N) is 1. The van der Waals surface area contributed by atoms with E-state index in [0.29, 0.717) is 12.6 Å². The van der Waals surface area contributed by atoms with Crippen LogP contribution in [0.25, 0.3) is 0 Å². The first kappa shape index (κ1) is 14.0. The van der Waals surface area contributed by atoms with Crippen LogP contribution in [0, 0.1) is 0 Å². The summed E-state index contributed by atoms with van der Waals surface area (Å²) in [5.74, 6) is 0.0396. The average Bonchev–Trinajstić information content (AvgIpc) is 2.83. The number of nitrogens with zero attached hydrogens (tertiary/aromatic N) is 3. The first-order valence-corrected chi connectivity index (χ1v) is 6.39. The largest absolute Gasteiger partial charge is 0.433 e. The molecular formula is C12H17F3N4. The van der Waals surface area contributed by atoms with Crippen LogP contribution in [0.4, 0.5) is 19.1 Å². The van der Waals surface area contributed by atoms with Gasteiger partial charge >= 0.3 is 6.18 Å². The molecule has 0 saturated carbocycles. The molecule has 106 valence electrons. The van der Waals surface area contributed by atoms with Gasteiger partial charge in [0, 0.05) is 18.8 Å². The molecule has 1 aromatic rings. The molecule has 0 aromatic carbocycles. The molecule has 1 fully saturated rings. The van der Waals surface area contributed by atoms with Gasteiger partial charge in [-0.15, -0.1) is 0 Å². The molecule has 1 aromatic heterocycles. The van der Waals surface area contributed by atoms with Crippen LogP contribution in [0.2, 0.25) is 0 Å². The maximum absolute atomic E-state index is 12.5. The zero-order valence-electron chi connectivity index (χ0n) is 10.7. The molecule has 7 heteroatoms. The van der Waals surface area contributed by atoms with E-state index in [4.69, 9.17) is 0 Å². The second kappa shape index (κ2) is 5.73. The van der Waals surface area contributed by atoms with Gasteiger partial charge in [-0.25, -0.2) is 9.97 Å². The van der Waals surface area contributed by atoms with Gasteiger partial charge in [0.25, 0.3) is 0 Å². The summed E-state index contributed by atoms with van der Waals surface area (Å²) in [5, 5.41) is 2.90. The van der Waals surface area contributed by atoms with Crippen LogP contribution in [0.3, 0.4) is 0 Å². The molecule has 0 spiro atoms. The highest BCUT2D eigenvalue weighted by atomic mass is 19.4. The van der Waals surface area contributed by atoms with Gasteiger partial charge in [0.05, 0.1) is 0 Å². The first-order chi connectivity index (χ1) is 9.00. The van der Waals surface area contributed by atoms with E-state index in [-0.39, 0.29) is 5.95 Å². The molecule has 1 atom stereocenters. The minimum atomic E-state index is -4.43. The highest BCUT2D eigenvalue weighted by Gasteiger charge is 2.33. The lowest BCUT2D eigenvalue weighted by molar-refractivity contribution is -0.141. The van der Waals surface area contributed by atoms with Crippen molar-refractivity contribution in [2.45, 2.75) is 32.0 Å². The predicted molar refractivity (Wildman–Crippen MR) is 65.8 cm³/mol. The molecule has 1 unspecified atom stereocenters. The monoisotopic (exact) mass is 274 g/mol. The van der Waals surface area contributed by atoms with Gasteiger partial charge in [0.2, 0.25) is 5.95 Å². The molecule has 1 N–H and O–H groups in total. The molecule has 0 amide bonds. The Balaban J connectivity index is 1.96. The zero-order chi connectivity index (χ0) is 13.9. The molecular weight excluding hydrogens is 257 g/mol. The van der Waals surface area contributed by atoms with Crippen molar-refractivity contribution in [1.29, 1.82) is 0 Å². The van der Waals surface area contributed by atoms with Crippen LogP contribution in [0.15, 0.2) is 12.3 Å². The number of halogens is 3. The highest BCUT2D eigenvalue weighted by Crippen LogP contribution is 2.27. The Morgan fingerprint density at radius 3 is 2.95 bits per heavy atom. The third kappa shape index (κ3) is 3.56. The lowest BCUT2D eigenvalue weighted by atomic mass is 10.2. The van der Waals surface area contributed by atoms with E-state index in [2.05, 4.69) is 27.1 Å². The molecule has 2 heterocycles. The van der Waals surface area contributed by atoms with Crippen LogP contribution < -0.4 is 5.32 Å². The standard InChI is InChI=1S/C12H17F3N4/c1-2-19-7-3-4-9(19)8-17-11-16-6-5-10(18-11)12(13,14)15/h5-6,9H,2-4,7-8H2,1H3,(H,16,17,18). The number of rotatable bonds is 4. The van der Waals surface area contributed by atoms with E-state index < -0.39 is 11.9 Å². The molecule has 2 rings (SSSR count). The maximum Gasteiger partial charge on any atom is 0.433 e. The molecule has 19 heavy (non-hydrogen) atoms. The van der Waals surface area contributed by atoms with Crippen molar-refractivity contribution in [2.24, 2.45) is 0 Å². The summed E-state index contributed by atoms with van der Waals surface area (Å²) in [4.78, 5) is 9.62. The Hall–Kier alpha value is -1.37. The molecule has 1 saturated heterocycles. The summed E-state index contributed by atoms with van der Waals surface area (Å²) in [7, 11) is 0. The number of hydrogen-bond acceptors (Lipinski definition) is 4. The fourth-order valence-corrected chi connectivity index (χ4v) is 2.35. The minimum absolute atomic E-state index is 0.0396. The number of hydrogen-bond donors (Lipinski definition) is 1.